The number of fused-ring (bicyclic) bond motifs is 1. The van der Waals surface area contributed by atoms with Crippen molar-refractivity contribution in [2.24, 2.45) is 0 Å². The first-order valence-corrected chi connectivity index (χ1v) is 10.6. The quantitative estimate of drug-likeness (QED) is 0.578. The first kappa shape index (κ1) is 19.2. The third-order valence-electron chi connectivity index (χ3n) is 4.73. The highest BCUT2D eigenvalue weighted by Gasteiger charge is 2.24. The Balaban J connectivity index is 2.00. The second-order valence-corrected chi connectivity index (χ2v) is 8.32. The lowest BCUT2D eigenvalue weighted by molar-refractivity contribution is 0.0600. The van der Waals surface area contributed by atoms with Gasteiger partial charge in [0.25, 0.3) is 0 Å². The number of aryl methyl sites for hydroxylation is 1. The van der Waals surface area contributed by atoms with Crippen LogP contribution in [0.15, 0.2) is 42.5 Å². The Labute approximate surface area is 159 Å². The lowest BCUT2D eigenvalue weighted by Crippen LogP contribution is -2.36. The van der Waals surface area contributed by atoms with E-state index < -0.39 is 16.1 Å². The van der Waals surface area contributed by atoms with Crippen molar-refractivity contribution >= 4 is 21.8 Å². The molecule has 144 valence electrons. The van der Waals surface area contributed by atoms with Crippen LogP contribution in [-0.4, -0.2) is 33.8 Å². The number of benzene rings is 2. The number of anilines is 1. The van der Waals surface area contributed by atoms with Crippen molar-refractivity contribution in [2.75, 3.05) is 18.3 Å². The Kier molecular flexibility index (Phi) is 5.41. The van der Waals surface area contributed by atoms with Crippen LogP contribution in [0.1, 0.15) is 34.8 Å². The van der Waals surface area contributed by atoms with E-state index in [9.17, 15) is 13.2 Å². The van der Waals surface area contributed by atoms with Crippen molar-refractivity contribution < 1.29 is 22.1 Å². The molecular formula is C20H23NO5S. The van der Waals surface area contributed by atoms with Gasteiger partial charge in [-0.25, -0.2) is 4.79 Å². The van der Waals surface area contributed by atoms with E-state index in [0.29, 0.717) is 18.2 Å². The normalized spacial score (nSPS) is 16.6. The fraction of sp³-hybridized carbons (Fsp3) is 0.350. The number of ether oxygens (including phenoxy) is 1. The second-order valence-electron chi connectivity index (χ2n) is 6.75. The van der Waals surface area contributed by atoms with Crippen molar-refractivity contribution in [3.63, 3.8) is 0 Å². The minimum Gasteiger partial charge on any atom is -0.465 e. The summed E-state index contributed by atoms with van der Waals surface area (Å²) in [7, 11) is -2.46. The molecule has 1 unspecified atom stereocenters. The molecule has 1 atom stereocenters. The number of hydrogen-bond acceptors (Lipinski definition) is 6. The predicted molar refractivity (Wildman–Crippen MR) is 104 cm³/mol. The highest BCUT2D eigenvalue weighted by molar-refractivity contribution is 7.86. The zero-order chi connectivity index (χ0) is 19.6. The topological polar surface area (TPSA) is 72.9 Å². The van der Waals surface area contributed by atoms with E-state index in [1.54, 1.807) is 12.1 Å². The van der Waals surface area contributed by atoms with Crippen molar-refractivity contribution in [3.8, 4) is 5.75 Å². The van der Waals surface area contributed by atoms with Gasteiger partial charge in [-0.2, -0.15) is 8.42 Å². The molecule has 1 heterocycles. The summed E-state index contributed by atoms with van der Waals surface area (Å²) < 4.78 is 33.3. The first-order chi connectivity index (χ1) is 12.8. The van der Waals surface area contributed by atoms with E-state index >= 15 is 0 Å². The molecule has 0 spiro atoms. The summed E-state index contributed by atoms with van der Waals surface area (Å²) in [5.74, 6) is -0.396. The van der Waals surface area contributed by atoms with Crippen LogP contribution in [0.2, 0.25) is 0 Å². The van der Waals surface area contributed by atoms with Crippen LogP contribution in [0, 0.1) is 0 Å². The number of rotatable bonds is 5. The molecule has 6 nitrogen and oxygen atoms in total. The number of hydrogen-bond donors (Lipinski definition) is 0. The van der Waals surface area contributed by atoms with Gasteiger partial charge >= 0.3 is 16.1 Å². The summed E-state index contributed by atoms with van der Waals surface area (Å²) in [5.41, 5.74) is 3.34. The molecule has 1 aliphatic rings. The summed E-state index contributed by atoms with van der Waals surface area (Å²) in [4.78, 5) is 14.0. The van der Waals surface area contributed by atoms with Gasteiger partial charge < -0.3 is 13.8 Å². The number of carbonyl (C=O) groups is 1. The van der Waals surface area contributed by atoms with Gasteiger partial charge in [-0.1, -0.05) is 24.3 Å². The highest BCUT2D eigenvalue weighted by Crippen LogP contribution is 2.34. The maximum Gasteiger partial charge on any atom is 0.337 e. The first-order valence-electron chi connectivity index (χ1n) is 8.73. The van der Waals surface area contributed by atoms with Crippen LogP contribution in [0.5, 0.6) is 5.75 Å². The summed E-state index contributed by atoms with van der Waals surface area (Å²) in [6, 6.07) is 13.3. The molecular weight excluding hydrogens is 366 g/mol. The van der Waals surface area contributed by atoms with E-state index in [2.05, 4.69) is 24.0 Å². The third-order valence-corrected chi connectivity index (χ3v) is 5.22. The Morgan fingerprint density at radius 3 is 2.67 bits per heavy atom. The Bertz CT molecular complexity index is 955. The van der Waals surface area contributed by atoms with Gasteiger partial charge in [-0.15, -0.1) is 0 Å². The number of carbonyl (C=O) groups excluding carboxylic acids is 1. The van der Waals surface area contributed by atoms with Crippen LogP contribution in [-0.2, 0) is 27.8 Å². The summed E-state index contributed by atoms with van der Waals surface area (Å²) in [5, 5.41) is 0. The van der Waals surface area contributed by atoms with Crippen LogP contribution in [0.3, 0.4) is 0 Å². The molecule has 0 amide bonds. The van der Waals surface area contributed by atoms with Gasteiger partial charge in [0.05, 0.1) is 18.9 Å². The lowest BCUT2D eigenvalue weighted by Gasteiger charge is -2.37. The molecule has 27 heavy (non-hydrogen) atoms. The van der Waals surface area contributed by atoms with Crippen LogP contribution >= 0.6 is 0 Å². The standard InChI is InChI=1S/C20H23NO5S/c1-14-8-9-15-6-4-5-7-18(15)21(14)13-17-11-10-16(20(22)25-2)12-19(17)26-27(3,23)24/h4-7,10-12,14H,8-9,13H2,1-3H3. The predicted octanol–water partition coefficient (Wildman–Crippen LogP) is 3.15. The largest absolute Gasteiger partial charge is 0.465 e. The van der Waals surface area contributed by atoms with E-state index in [-0.39, 0.29) is 11.3 Å². The average molecular weight is 389 g/mol. The van der Waals surface area contributed by atoms with Gasteiger partial charge in [0.2, 0.25) is 0 Å². The smallest absolute Gasteiger partial charge is 0.337 e. The second kappa shape index (κ2) is 7.60. The van der Waals surface area contributed by atoms with Crippen molar-refractivity contribution in [3.05, 3.63) is 59.2 Å². The molecule has 3 rings (SSSR count). The maximum atomic E-state index is 11.8. The molecule has 0 aliphatic carbocycles. The summed E-state index contributed by atoms with van der Waals surface area (Å²) in [6.45, 7) is 2.63. The zero-order valence-corrected chi connectivity index (χ0v) is 16.5. The van der Waals surface area contributed by atoms with Crippen LogP contribution < -0.4 is 9.08 Å². The van der Waals surface area contributed by atoms with Crippen molar-refractivity contribution in [2.45, 2.75) is 32.4 Å². The highest BCUT2D eigenvalue weighted by atomic mass is 32.2. The molecule has 0 N–H and O–H groups in total. The molecule has 0 bridgehead atoms. The van der Waals surface area contributed by atoms with E-state index in [1.165, 1.54) is 18.7 Å². The Morgan fingerprint density at radius 2 is 1.96 bits per heavy atom. The molecule has 2 aromatic rings. The Hall–Kier alpha value is -2.54. The molecule has 2 aromatic carbocycles. The van der Waals surface area contributed by atoms with E-state index in [4.69, 9.17) is 8.92 Å². The van der Waals surface area contributed by atoms with Gasteiger partial charge in [0.15, 0.2) is 0 Å². The number of esters is 1. The number of para-hydroxylation sites is 1. The molecule has 0 fully saturated rings. The molecule has 0 aromatic heterocycles. The molecule has 0 radical (unpaired) electrons. The fourth-order valence-electron chi connectivity index (χ4n) is 3.36. The summed E-state index contributed by atoms with van der Waals surface area (Å²) >= 11 is 0. The number of nitrogens with zero attached hydrogens (tertiary/aromatic N) is 1. The van der Waals surface area contributed by atoms with Gasteiger partial charge in [-0.3, -0.25) is 0 Å². The monoisotopic (exact) mass is 389 g/mol. The third kappa shape index (κ3) is 4.42. The van der Waals surface area contributed by atoms with Gasteiger partial charge in [-0.05, 0) is 43.5 Å². The minimum absolute atomic E-state index is 0.149. The van der Waals surface area contributed by atoms with Crippen molar-refractivity contribution in [1.82, 2.24) is 0 Å². The fourth-order valence-corrected chi connectivity index (χ4v) is 3.84. The molecule has 1 aliphatic heterocycles. The van der Waals surface area contributed by atoms with Gasteiger partial charge in [0.1, 0.15) is 5.75 Å². The van der Waals surface area contributed by atoms with Crippen molar-refractivity contribution in [1.29, 1.82) is 0 Å². The van der Waals surface area contributed by atoms with E-state index in [0.717, 1.165) is 24.8 Å². The van der Waals surface area contributed by atoms with Gasteiger partial charge in [0, 0.05) is 23.8 Å². The average Bonchev–Trinajstić information content (AvgIpc) is 2.63. The lowest BCUT2D eigenvalue weighted by atomic mass is 9.96. The van der Waals surface area contributed by atoms with Crippen LogP contribution in [0.25, 0.3) is 0 Å². The zero-order valence-electron chi connectivity index (χ0n) is 15.6. The maximum absolute atomic E-state index is 11.8. The molecule has 7 heteroatoms. The molecule has 0 saturated heterocycles. The molecule has 0 saturated carbocycles. The van der Waals surface area contributed by atoms with Crippen LogP contribution in [0.4, 0.5) is 5.69 Å². The Morgan fingerprint density at radius 1 is 1.22 bits per heavy atom. The minimum atomic E-state index is -3.73. The SMILES string of the molecule is COC(=O)c1ccc(CN2c3ccccc3CCC2C)c(OS(C)(=O)=O)c1. The summed E-state index contributed by atoms with van der Waals surface area (Å²) in [6.07, 6.45) is 3.02. The number of methoxy groups -OCH3 is 1. The van der Waals surface area contributed by atoms with E-state index in [1.807, 2.05) is 12.1 Å².